The van der Waals surface area contributed by atoms with E-state index in [1.165, 1.54) is 0 Å². The summed E-state index contributed by atoms with van der Waals surface area (Å²) in [4.78, 5) is 2.47. The molecule has 1 unspecified atom stereocenters. The van der Waals surface area contributed by atoms with E-state index in [1.54, 1.807) is 4.90 Å². The zero-order valence-corrected chi connectivity index (χ0v) is 11.0. The van der Waals surface area contributed by atoms with Crippen LogP contribution >= 0.6 is 24.4 Å². The molecule has 0 aromatic heterocycles. The molecule has 0 radical (unpaired) electrons. The molecule has 3 N–H and O–H groups in total. The summed E-state index contributed by atoms with van der Waals surface area (Å²) in [6.45, 7) is 5.66. The van der Waals surface area contributed by atoms with Crippen molar-refractivity contribution in [3.8, 4) is 0 Å². The van der Waals surface area contributed by atoms with E-state index >= 15 is 0 Å². The summed E-state index contributed by atoms with van der Waals surface area (Å²) >= 11 is 10.6. The molecule has 84 valence electrons. The van der Waals surface area contributed by atoms with Gasteiger partial charge in [-0.15, -0.1) is 0 Å². The maximum absolute atomic E-state index is 5.43. The van der Waals surface area contributed by atoms with Crippen LogP contribution in [0.3, 0.4) is 0 Å². The fraction of sp³-hybridized carbons (Fsp3) is 0.800. The standard InChI is InChI=1S/C10H17N3S2/c1-6-5-13(3)7(2)4-10(6)8(14)11-9(15)12-10/h6-7H,4-5H2,1-3H3,(H2,11,12,14,15)/p+1/t6-,7-,10+/m1/s1. The molecule has 2 fully saturated rings. The minimum atomic E-state index is -0.0780. The largest absolute Gasteiger partial charge is 0.350 e. The normalized spacial score (nSPS) is 45.4. The van der Waals surface area contributed by atoms with Crippen LogP contribution in [-0.2, 0) is 0 Å². The van der Waals surface area contributed by atoms with Gasteiger partial charge in [0.2, 0.25) is 0 Å². The lowest BCUT2D eigenvalue weighted by molar-refractivity contribution is -0.914. The van der Waals surface area contributed by atoms with Crippen molar-refractivity contribution in [1.82, 2.24) is 10.6 Å². The highest BCUT2D eigenvalue weighted by atomic mass is 32.1. The average Bonchev–Trinajstić information content (AvgIpc) is 2.40. The van der Waals surface area contributed by atoms with Crippen molar-refractivity contribution in [2.75, 3.05) is 13.6 Å². The molecule has 2 heterocycles. The second-order valence-corrected chi connectivity index (χ2v) is 5.75. The van der Waals surface area contributed by atoms with Crippen LogP contribution in [0.2, 0.25) is 0 Å². The summed E-state index contributed by atoms with van der Waals surface area (Å²) in [6, 6.07) is 0.620. The number of hydrogen-bond donors (Lipinski definition) is 3. The van der Waals surface area contributed by atoms with Crippen molar-refractivity contribution in [1.29, 1.82) is 0 Å². The maximum atomic E-state index is 5.43. The summed E-state index contributed by atoms with van der Waals surface area (Å²) in [6.07, 6.45) is 1.06. The Bertz CT molecular complexity index is 318. The molecule has 0 aromatic carbocycles. The van der Waals surface area contributed by atoms with Crippen molar-refractivity contribution in [3.63, 3.8) is 0 Å². The Balaban J connectivity index is 2.27. The highest BCUT2D eigenvalue weighted by Gasteiger charge is 2.51. The van der Waals surface area contributed by atoms with Gasteiger partial charge in [0.1, 0.15) is 10.5 Å². The summed E-state index contributed by atoms with van der Waals surface area (Å²) in [5.74, 6) is 0.522. The lowest BCUT2D eigenvalue weighted by atomic mass is 9.76. The maximum Gasteiger partial charge on any atom is 0.172 e. The number of thiocarbonyl (C=S) groups is 2. The summed E-state index contributed by atoms with van der Waals surface area (Å²) in [7, 11) is 2.25. The number of piperidine rings is 1. The lowest BCUT2D eigenvalue weighted by Crippen LogP contribution is -3.15. The van der Waals surface area contributed by atoms with Gasteiger partial charge in [-0.05, 0) is 19.1 Å². The molecular formula is C10H18N3S2+. The van der Waals surface area contributed by atoms with Gasteiger partial charge < -0.3 is 15.5 Å². The Morgan fingerprint density at radius 2 is 2.07 bits per heavy atom. The highest BCUT2D eigenvalue weighted by Crippen LogP contribution is 2.28. The summed E-state index contributed by atoms with van der Waals surface area (Å²) in [5.41, 5.74) is -0.0780. The first-order valence-corrected chi connectivity index (χ1v) is 6.23. The van der Waals surface area contributed by atoms with Crippen molar-refractivity contribution in [2.24, 2.45) is 5.92 Å². The van der Waals surface area contributed by atoms with Gasteiger partial charge in [-0.25, -0.2) is 0 Å². The third-order valence-electron chi connectivity index (χ3n) is 3.91. The highest BCUT2D eigenvalue weighted by molar-refractivity contribution is 7.82. The van der Waals surface area contributed by atoms with Crippen LogP contribution in [0.15, 0.2) is 0 Å². The Labute approximate surface area is 102 Å². The first kappa shape index (κ1) is 11.2. The molecule has 2 rings (SSSR count). The van der Waals surface area contributed by atoms with Crippen molar-refractivity contribution < 1.29 is 4.90 Å². The molecule has 2 saturated heterocycles. The Kier molecular flexibility index (Phi) is 2.73. The van der Waals surface area contributed by atoms with Gasteiger partial charge in [-0.3, -0.25) is 0 Å². The minimum Gasteiger partial charge on any atom is -0.350 e. The van der Waals surface area contributed by atoms with Crippen molar-refractivity contribution >= 4 is 34.5 Å². The smallest absolute Gasteiger partial charge is 0.172 e. The number of rotatable bonds is 0. The number of nitrogens with one attached hydrogen (secondary N) is 3. The van der Waals surface area contributed by atoms with E-state index in [2.05, 4.69) is 31.5 Å². The molecule has 0 bridgehead atoms. The average molecular weight is 244 g/mol. The van der Waals surface area contributed by atoms with Gasteiger partial charge >= 0.3 is 0 Å². The fourth-order valence-electron chi connectivity index (χ4n) is 2.71. The minimum absolute atomic E-state index is 0.0780. The van der Waals surface area contributed by atoms with E-state index in [0.717, 1.165) is 18.0 Å². The van der Waals surface area contributed by atoms with Crippen LogP contribution in [0.25, 0.3) is 0 Å². The zero-order valence-electron chi connectivity index (χ0n) is 9.39. The second-order valence-electron chi connectivity index (χ2n) is 4.94. The molecule has 2 aliphatic heterocycles. The van der Waals surface area contributed by atoms with Crippen molar-refractivity contribution in [2.45, 2.75) is 31.8 Å². The van der Waals surface area contributed by atoms with E-state index in [0.29, 0.717) is 17.1 Å². The summed E-state index contributed by atoms with van der Waals surface area (Å²) in [5, 5.41) is 7.16. The van der Waals surface area contributed by atoms with Gasteiger partial charge in [0.15, 0.2) is 5.11 Å². The fourth-order valence-corrected chi connectivity index (χ4v) is 3.50. The predicted octanol–water partition coefficient (Wildman–Crippen LogP) is -0.527. The molecule has 4 atom stereocenters. The van der Waals surface area contributed by atoms with Gasteiger partial charge in [0, 0.05) is 12.3 Å². The van der Waals surface area contributed by atoms with E-state index in [9.17, 15) is 0 Å². The Morgan fingerprint density at radius 1 is 1.40 bits per heavy atom. The van der Waals surface area contributed by atoms with E-state index in [1.807, 2.05) is 0 Å². The van der Waals surface area contributed by atoms with Crippen molar-refractivity contribution in [3.05, 3.63) is 0 Å². The number of hydrogen-bond acceptors (Lipinski definition) is 2. The molecule has 0 amide bonds. The first-order chi connectivity index (χ1) is 6.95. The summed E-state index contributed by atoms with van der Waals surface area (Å²) < 4.78 is 0. The molecule has 0 saturated carbocycles. The van der Waals surface area contributed by atoms with E-state index in [4.69, 9.17) is 24.4 Å². The van der Waals surface area contributed by atoms with Crippen LogP contribution in [0.1, 0.15) is 20.3 Å². The molecule has 2 aliphatic rings. The number of likely N-dealkylation sites (tertiary alicyclic amines) is 1. The second kappa shape index (κ2) is 3.64. The van der Waals surface area contributed by atoms with Gasteiger partial charge in [0.05, 0.1) is 19.6 Å². The molecule has 0 aromatic rings. The molecular weight excluding hydrogens is 226 g/mol. The Hall–Kier alpha value is -0.260. The molecule has 0 aliphatic carbocycles. The van der Waals surface area contributed by atoms with Crippen LogP contribution in [0.4, 0.5) is 0 Å². The van der Waals surface area contributed by atoms with Gasteiger partial charge in [0.25, 0.3) is 0 Å². The number of quaternary nitrogens is 1. The van der Waals surface area contributed by atoms with Gasteiger partial charge in [-0.1, -0.05) is 19.1 Å². The Morgan fingerprint density at radius 3 is 2.60 bits per heavy atom. The van der Waals surface area contributed by atoms with E-state index < -0.39 is 0 Å². The van der Waals surface area contributed by atoms with Gasteiger partial charge in [-0.2, -0.15) is 0 Å². The molecule has 15 heavy (non-hydrogen) atoms. The SMILES string of the molecule is C[C@@H]1C[C@]2(NC(=S)NC2=S)[C@H](C)C[NH+]1C. The third-order valence-corrected chi connectivity index (χ3v) is 4.58. The van der Waals surface area contributed by atoms with E-state index in [-0.39, 0.29) is 5.54 Å². The zero-order chi connectivity index (χ0) is 11.2. The van der Waals surface area contributed by atoms with Crippen LogP contribution in [-0.4, -0.2) is 35.3 Å². The molecule has 1 spiro atoms. The van der Waals surface area contributed by atoms with Crippen LogP contribution < -0.4 is 15.5 Å². The monoisotopic (exact) mass is 244 g/mol. The first-order valence-electron chi connectivity index (χ1n) is 5.41. The predicted molar refractivity (Wildman–Crippen MR) is 69.2 cm³/mol. The molecule has 5 heteroatoms. The lowest BCUT2D eigenvalue weighted by Gasteiger charge is -2.43. The third kappa shape index (κ3) is 1.66. The van der Waals surface area contributed by atoms with Crippen LogP contribution in [0.5, 0.6) is 0 Å². The quantitative estimate of drug-likeness (QED) is 0.500. The van der Waals surface area contributed by atoms with Crippen LogP contribution in [0, 0.1) is 5.92 Å². The molecule has 3 nitrogen and oxygen atoms in total. The topological polar surface area (TPSA) is 28.5 Å².